The number of aliphatic hydroxyl groups is 1. The topological polar surface area (TPSA) is 102 Å². The summed E-state index contributed by atoms with van der Waals surface area (Å²) < 4.78 is 9.90. The quantitative estimate of drug-likeness (QED) is 0.732. The summed E-state index contributed by atoms with van der Waals surface area (Å²) in [7, 11) is 0. The molecule has 1 aromatic rings. The average Bonchev–Trinajstić information content (AvgIpc) is 2.50. The maximum atomic E-state index is 11.7. The molecule has 0 bridgehead atoms. The van der Waals surface area contributed by atoms with Gasteiger partial charge in [-0.3, -0.25) is 4.79 Å². The number of benzene rings is 1. The number of amides is 1. The predicted octanol–water partition coefficient (Wildman–Crippen LogP) is 1.57. The van der Waals surface area contributed by atoms with Gasteiger partial charge in [-0.25, -0.2) is 9.59 Å². The van der Waals surface area contributed by atoms with Gasteiger partial charge in [-0.05, 0) is 26.3 Å². The highest BCUT2D eigenvalue weighted by molar-refractivity contribution is 5.88. The molecule has 1 amide bonds. The lowest BCUT2D eigenvalue weighted by atomic mass is 10.2. The molecule has 0 aliphatic heterocycles. The van der Waals surface area contributed by atoms with Gasteiger partial charge in [0.05, 0.1) is 6.54 Å². The summed E-state index contributed by atoms with van der Waals surface area (Å²) in [6, 6.07) is 8.97. The molecule has 0 saturated carbocycles. The Balaban J connectivity index is 2.30. The summed E-state index contributed by atoms with van der Waals surface area (Å²) in [5.74, 6) is -1.39. The number of nitrogens with one attached hydrogen (secondary N) is 1. The lowest BCUT2D eigenvalue weighted by Crippen LogP contribution is -2.37. The first-order valence-corrected chi connectivity index (χ1v) is 7.54. The number of ketones is 1. The largest absolute Gasteiger partial charge is 0.459 e. The van der Waals surface area contributed by atoms with Gasteiger partial charge in [-0.1, -0.05) is 30.3 Å². The molecule has 2 N–H and O–H groups in total. The van der Waals surface area contributed by atoms with Crippen molar-refractivity contribution in [1.29, 1.82) is 0 Å². The van der Waals surface area contributed by atoms with E-state index < -0.39 is 36.0 Å². The number of carbonyl (C=O) groups is 3. The Bertz CT molecular complexity index is 564. The van der Waals surface area contributed by atoms with Gasteiger partial charge in [-0.2, -0.15) is 0 Å². The molecule has 132 valence electrons. The van der Waals surface area contributed by atoms with Crippen LogP contribution in [0.5, 0.6) is 0 Å². The maximum Gasteiger partial charge on any atom is 0.408 e. The summed E-state index contributed by atoms with van der Waals surface area (Å²) in [5, 5.41) is 11.9. The summed E-state index contributed by atoms with van der Waals surface area (Å²) in [6.45, 7) is 4.77. The maximum absolute atomic E-state index is 11.7. The van der Waals surface area contributed by atoms with Gasteiger partial charge >= 0.3 is 12.1 Å². The second-order valence-electron chi connectivity index (χ2n) is 6.21. The molecule has 0 aliphatic rings. The van der Waals surface area contributed by atoms with E-state index >= 15 is 0 Å². The molecule has 7 nitrogen and oxygen atoms in total. The highest BCUT2D eigenvalue weighted by atomic mass is 16.6. The molecule has 0 fully saturated rings. The van der Waals surface area contributed by atoms with Crippen molar-refractivity contribution in [3.63, 3.8) is 0 Å². The van der Waals surface area contributed by atoms with E-state index in [4.69, 9.17) is 9.47 Å². The monoisotopic (exact) mass is 337 g/mol. The number of alkyl carbamates (subject to hydrolysis) is 1. The smallest absolute Gasteiger partial charge is 0.408 e. The normalized spacial score (nSPS) is 12.2. The number of Topliss-reactive ketones (excluding diaryl/α,β-unsaturated/α-hetero) is 1. The third kappa shape index (κ3) is 8.28. The summed E-state index contributed by atoms with van der Waals surface area (Å²) in [6.07, 6.45) is -2.75. The van der Waals surface area contributed by atoms with E-state index in [-0.39, 0.29) is 13.2 Å². The molecule has 0 spiro atoms. The first kappa shape index (κ1) is 19.6. The van der Waals surface area contributed by atoms with Gasteiger partial charge < -0.3 is 19.9 Å². The van der Waals surface area contributed by atoms with Crippen molar-refractivity contribution in [3.05, 3.63) is 35.9 Å². The van der Waals surface area contributed by atoms with E-state index in [1.165, 1.54) is 0 Å². The molecule has 1 unspecified atom stereocenters. The Labute approximate surface area is 141 Å². The SMILES string of the molecule is CC(C)(C)OC(=O)NCC(=O)CC(O)C(=O)OCc1ccccc1. The predicted molar refractivity (Wildman–Crippen MR) is 86.1 cm³/mol. The first-order chi connectivity index (χ1) is 11.2. The molecule has 24 heavy (non-hydrogen) atoms. The minimum absolute atomic E-state index is 0.0150. The zero-order chi connectivity index (χ0) is 18.2. The molecule has 0 aromatic heterocycles. The number of hydrogen-bond donors (Lipinski definition) is 2. The third-order valence-electron chi connectivity index (χ3n) is 2.75. The van der Waals surface area contributed by atoms with Crippen molar-refractivity contribution >= 4 is 17.8 Å². The Morgan fingerprint density at radius 2 is 1.79 bits per heavy atom. The molecule has 0 aliphatic carbocycles. The molecule has 1 aromatic carbocycles. The fraction of sp³-hybridized carbons (Fsp3) is 0.471. The van der Waals surface area contributed by atoms with Crippen molar-refractivity contribution in [2.75, 3.05) is 6.54 Å². The van der Waals surface area contributed by atoms with E-state index in [0.29, 0.717) is 0 Å². The van der Waals surface area contributed by atoms with E-state index in [0.717, 1.165) is 5.56 Å². The standard InChI is InChI=1S/C17H23NO6/c1-17(2,3)24-16(22)18-10-13(19)9-14(20)15(21)23-11-12-7-5-4-6-8-12/h4-8,14,20H,9-11H2,1-3H3,(H,18,22). The van der Waals surface area contributed by atoms with Crippen molar-refractivity contribution in [3.8, 4) is 0 Å². The van der Waals surface area contributed by atoms with Gasteiger partial charge in [0.15, 0.2) is 11.9 Å². The number of aliphatic hydroxyl groups excluding tert-OH is 1. The van der Waals surface area contributed by atoms with Crippen LogP contribution in [0.2, 0.25) is 0 Å². The van der Waals surface area contributed by atoms with E-state index in [1.807, 2.05) is 6.07 Å². The van der Waals surface area contributed by atoms with Gasteiger partial charge in [0, 0.05) is 6.42 Å². The van der Waals surface area contributed by atoms with Crippen LogP contribution in [0, 0.1) is 0 Å². The van der Waals surface area contributed by atoms with Crippen LogP contribution in [0.1, 0.15) is 32.8 Å². The average molecular weight is 337 g/mol. The van der Waals surface area contributed by atoms with Gasteiger partial charge in [0.25, 0.3) is 0 Å². The second-order valence-corrected chi connectivity index (χ2v) is 6.21. The lowest BCUT2D eigenvalue weighted by Gasteiger charge is -2.19. The molecular formula is C17H23NO6. The summed E-state index contributed by atoms with van der Waals surface area (Å²) >= 11 is 0. The molecule has 0 saturated heterocycles. The van der Waals surface area contributed by atoms with Crippen LogP contribution < -0.4 is 5.32 Å². The molecule has 1 rings (SSSR count). The van der Waals surface area contributed by atoms with Crippen LogP contribution in [0.25, 0.3) is 0 Å². The number of rotatable bonds is 7. The molecular weight excluding hydrogens is 314 g/mol. The van der Waals surface area contributed by atoms with Crippen molar-refractivity contribution in [1.82, 2.24) is 5.32 Å². The Morgan fingerprint density at radius 1 is 1.17 bits per heavy atom. The first-order valence-electron chi connectivity index (χ1n) is 7.54. The number of ether oxygens (including phenoxy) is 2. The molecule has 0 radical (unpaired) electrons. The number of hydrogen-bond acceptors (Lipinski definition) is 6. The zero-order valence-electron chi connectivity index (χ0n) is 14.1. The van der Waals surface area contributed by atoms with Crippen LogP contribution in [-0.4, -0.2) is 41.2 Å². The van der Waals surface area contributed by atoms with Crippen LogP contribution in [-0.2, 0) is 25.7 Å². The molecule has 0 heterocycles. The summed E-state index contributed by atoms with van der Waals surface area (Å²) in [4.78, 5) is 34.7. The van der Waals surface area contributed by atoms with E-state index in [1.54, 1.807) is 45.0 Å². The van der Waals surface area contributed by atoms with Crippen molar-refractivity contribution in [2.24, 2.45) is 0 Å². The summed E-state index contributed by atoms with van der Waals surface area (Å²) in [5.41, 5.74) is 0.101. The van der Waals surface area contributed by atoms with E-state index in [2.05, 4.69) is 5.32 Å². The van der Waals surface area contributed by atoms with Gasteiger partial charge in [0.1, 0.15) is 12.2 Å². The minimum Gasteiger partial charge on any atom is -0.459 e. The van der Waals surface area contributed by atoms with Crippen molar-refractivity contribution in [2.45, 2.75) is 45.5 Å². The fourth-order valence-electron chi connectivity index (χ4n) is 1.68. The molecule has 7 heteroatoms. The van der Waals surface area contributed by atoms with Crippen LogP contribution in [0.15, 0.2) is 30.3 Å². The number of carbonyl (C=O) groups excluding carboxylic acids is 3. The van der Waals surface area contributed by atoms with Crippen molar-refractivity contribution < 1.29 is 29.0 Å². The van der Waals surface area contributed by atoms with Crippen LogP contribution in [0.4, 0.5) is 4.79 Å². The van der Waals surface area contributed by atoms with Gasteiger partial charge in [0.2, 0.25) is 0 Å². The highest BCUT2D eigenvalue weighted by Gasteiger charge is 2.22. The molecule has 1 atom stereocenters. The third-order valence-corrected chi connectivity index (χ3v) is 2.75. The lowest BCUT2D eigenvalue weighted by molar-refractivity contribution is -0.156. The Morgan fingerprint density at radius 3 is 2.38 bits per heavy atom. The van der Waals surface area contributed by atoms with E-state index in [9.17, 15) is 19.5 Å². The van der Waals surface area contributed by atoms with Crippen LogP contribution in [0.3, 0.4) is 0 Å². The second kappa shape index (κ2) is 9.02. The minimum atomic E-state index is -1.57. The Hall–Kier alpha value is -2.41. The van der Waals surface area contributed by atoms with Crippen LogP contribution >= 0.6 is 0 Å². The number of esters is 1. The highest BCUT2D eigenvalue weighted by Crippen LogP contribution is 2.06. The fourth-order valence-corrected chi connectivity index (χ4v) is 1.68. The Kier molecular flexibility index (Phi) is 7.38. The zero-order valence-corrected chi connectivity index (χ0v) is 14.1. The van der Waals surface area contributed by atoms with Gasteiger partial charge in [-0.15, -0.1) is 0 Å².